The molecule has 2 aliphatic heterocycles. The third kappa shape index (κ3) is 2.00. The van der Waals surface area contributed by atoms with Crippen LogP contribution in [-0.2, 0) is 0 Å². The van der Waals surface area contributed by atoms with Crippen LogP contribution in [0.3, 0.4) is 0 Å². The highest BCUT2D eigenvalue weighted by atomic mass is 16.7. The first-order valence-electron chi connectivity index (χ1n) is 7.56. The van der Waals surface area contributed by atoms with E-state index in [4.69, 9.17) is 18.9 Å². The van der Waals surface area contributed by atoms with Crippen LogP contribution in [0, 0.1) is 6.92 Å². The second-order valence-corrected chi connectivity index (χ2v) is 5.91. The number of ether oxygens (including phenoxy) is 4. The predicted molar refractivity (Wildman–Crippen MR) is 83.7 cm³/mol. The Labute approximate surface area is 134 Å². The van der Waals surface area contributed by atoms with Gasteiger partial charge in [-0.3, -0.25) is 0 Å². The highest BCUT2D eigenvalue weighted by Gasteiger charge is 2.36. The van der Waals surface area contributed by atoms with Crippen molar-refractivity contribution >= 4 is 0 Å². The molecule has 23 heavy (non-hydrogen) atoms. The minimum atomic E-state index is -0.158. The molecule has 0 aromatic heterocycles. The lowest BCUT2D eigenvalue weighted by Crippen LogP contribution is -2.07. The normalized spacial score (nSPS) is 21.0. The molecule has 0 saturated heterocycles. The first-order valence-corrected chi connectivity index (χ1v) is 7.56. The number of methoxy groups -OCH3 is 1. The summed E-state index contributed by atoms with van der Waals surface area (Å²) >= 11 is 0. The summed E-state index contributed by atoms with van der Waals surface area (Å²) in [5, 5.41) is 10.1. The molecule has 0 saturated carbocycles. The van der Waals surface area contributed by atoms with Crippen LogP contribution < -0.4 is 18.9 Å². The topological polar surface area (TPSA) is 57.2 Å². The van der Waals surface area contributed by atoms with Crippen molar-refractivity contribution in [1.82, 2.24) is 0 Å². The van der Waals surface area contributed by atoms with E-state index >= 15 is 0 Å². The SMILES string of the molecule is COc1c(C)c(O)cc2c1OC(c1ccc3c(c1)OCO3)C2C. The van der Waals surface area contributed by atoms with Gasteiger partial charge in [-0.15, -0.1) is 0 Å². The molecule has 2 atom stereocenters. The van der Waals surface area contributed by atoms with Crippen molar-refractivity contribution in [2.75, 3.05) is 13.9 Å². The average Bonchev–Trinajstić information content (AvgIpc) is 3.13. The summed E-state index contributed by atoms with van der Waals surface area (Å²) in [4.78, 5) is 0. The van der Waals surface area contributed by atoms with Crippen molar-refractivity contribution in [2.45, 2.75) is 25.9 Å². The van der Waals surface area contributed by atoms with Gasteiger partial charge in [0.05, 0.1) is 7.11 Å². The zero-order valence-corrected chi connectivity index (χ0v) is 13.3. The second kappa shape index (κ2) is 4.98. The molecule has 2 heterocycles. The number of phenols is 1. The van der Waals surface area contributed by atoms with E-state index in [1.54, 1.807) is 13.2 Å². The predicted octanol–water partition coefficient (Wildman–Crippen LogP) is 3.68. The molecule has 5 nitrogen and oxygen atoms in total. The van der Waals surface area contributed by atoms with Crippen molar-refractivity contribution in [3.63, 3.8) is 0 Å². The smallest absolute Gasteiger partial charge is 0.231 e. The molecule has 2 aromatic carbocycles. The number of benzene rings is 2. The lowest BCUT2D eigenvalue weighted by atomic mass is 9.92. The summed E-state index contributed by atoms with van der Waals surface area (Å²) < 4.78 is 22.4. The third-order valence-corrected chi connectivity index (χ3v) is 4.60. The fraction of sp³-hybridized carbons (Fsp3) is 0.333. The Morgan fingerprint density at radius 3 is 2.74 bits per heavy atom. The monoisotopic (exact) mass is 314 g/mol. The van der Waals surface area contributed by atoms with Crippen molar-refractivity contribution in [3.05, 3.63) is 41.0 Å². The molecule has 0 amide bonds. The fourth-order valence-electron chi connectivity index (χ4n) is 3.28. The van der Waals surface area contributed by atoms with Crippen molar-refractivity contribution in [2.24, 2.45) is 0 Å². The molecule has 5 heteroatoms. The Hall–Kier alpha value is -2.56. The van der Waals surface area contributed by atoms with E-state index in [0.29, 0.717) is 17.1 Å². The molecule has 0 aliphatic carbocycles. The molecule has 0 radical (unpaired) electrons. The van der Waals surface area contributed by atoms with Gasteiger partial charge in [-0.2, -0.15) is 0 Å². The van der Waals surface area contributed by atoms with Crippen molar-refractivity contribution < 1.29 is 24.1 Å². The van der Waals surface area contributed by atoms with Gasteiger partial charge < -0.3 is 24.1 Å². The first-order chi connectivity index (χ1) is 11.1. The van der Waals surface area contributed by atoms with E-state index in [1.165, 1.54) is 0 Å². The number of fused-ring (bicyclic) bond motifs is 2. The maximum atomic E-state index is 10.1. The Morgan fingerprint density at radius 2 is 1.96 bits per heavy atom. The summed E-state index contributed by atoms with van der Waals surface area (Å²) in [7, 11) is 1.59. The Balaban J connectivity index is 1.76. The summed E-state index contributed by atoms with van der Waals surface area (Å²) in [5.41, 5.74) is 2.65. The largest absolute Gasteiger partial charge is 0.508 e. The van der Waals surface area contributed by atoms with Crippen molar-refractivity contribution in [1.29, 1.82) is 0 Å². The number of phenolic OH excluding ortho intramolecular Hbond substituents is 1. The van der Waals surface area contributed by atoms with E-state index in [0.717, 1.165) is 22.6 Å². The second-order valence-electron chi connectivity index (χ2n) is 5.91. The maximum absolute atomic E-state index is 10.1. The third-order valence-electron chi connectivity index (χ3n) is 4.60. The Morgan fingerprint density at radius 1 is 1.17 bits per heavy atom. The zero-order valence-electron chi connectivity index (χ0n) is 13.3. The molecular formula is C18H18O5. The number of hydrogen-bond acceptors (Lipinski definition) is 5. The fourth-order valence-corrected chi connectivity index (χ4v) is 3.28. The van der Waals surface area contributed by atoms with Gasteiger partial charge in [0.2, 0.25) is 6.79 Å². The molecule has 0 spiro atoms. The lowest BCUT2D eigenvalue weighted by Gasteiger charge is -2.16. The van der Waals surface area contributed by atoms with Gasteiger partial charge in [0.1, 0.15) is 11.9 Å². The van der Waals surface area contributed by atoms with Gasteiger partial charge in [-0.05, 0) is 30.7 Å². The van der Waals surface area contributed by atoms with Gasteiger partial charge in [-0.25, -0.2) is 0 Å². The summed E-state index contributed by atoms with van der Waals surface area (Å²) in [5.74, 6) is 3.10. The van der Waals surface area contributed by atoms with Crippen LogP contribution >= 0.6 is 0 Å². The van der Waals surface area contributed by atoms with E-state index in [-0.39, 0.29) is 24.6 Å². The minimum absolute atomic E-state index is 0.0887. The van der Waals surface area contributed by atoms with Crippen LogP contribution in [0.4, 0.5) is 0 Å². The summed E-state index contributed by atoms with van der Waals surface area (Å²) in [6, 6.07) is 7.61. The van der Waals surface area contributed by atoms with Crippen LogP contribution in [0.15, 0.2) is 24.3 Å². The molecule has 120 valence electrons. The van der Waals surface area contributed by atoms with Crippen molar-refractivity contribution in [3.8, 4) is 28.7 Å². The van der Waals surface area contributed by atoms with Gasteiger partial charge in [0.15, 0.2) is 23.0 Å². The first kappa shape index (κ1) is 14.1. The molecule has 4 rings (SSSR count). The number of hydrogen-bond donors (Lipinski definition) is 1. The van der Waals surface area contributed by atoms with Gasteiger partial charge in [-0.1, -0.05) is 13.0 Å². The minimum Gasteiger partial charge on any atom is -0.508 e. The van der Waals surface area contributed by atoms with E-state index in [1.807, 2.05) is 25.1 Å². The van der Waals surface area contributed by atoms with Gasteiger partial charge in [0.25, 0.3) is 0 Å². The van der Waals surface area contributed by atoms with Crippen LogP contribution in [0.5, 0.6) is 28.7 Å². The molecule has 2 unspecified atom stereocenters. The standard InChI is InChI=1S/C18H18O5/c1-9-12-7-13(19)10(2)17(20-3)18(12)23-16(9)11-4-5-14-15(6-11)22-8-21-14/h4-7,9,16,19H,8H2,1-3H3. The van der Waals surface area contributed by atoms with E-state index in [9.17, 15) is 5.11 Å². The molecule has 2 aliphatic rings. The lowest BCUT2D eigenvalue weighted by molar-refractivity contribution is 0.173. The zero-order chi connectivity index (χ0) is 16.1. The Kier molecular flexibility index (Phi) is 3.04. The maximum Gasteiger partial charge on any atom is 0.231 e. The van der Waals surface area contributed by atoms with Crippen LogP contribution in [-0.4, -0.2) is 19.0 Å². The number of aromatic hydroxyl groups is 1. The van der Waals surface area contributed by atoms with Crippen LogP contribution in [0.25, 0.3) is 0 Å². The molecule has 0 bridgehead atoms. The van der Waals surface area contributed by atoms with Gasteiger partial charge in [0, 0.05) is 17.0 Å². The van der Waals surface area contributed by atoms with Crippen LogP contribution in [0.2, 0.25) is 0 Å². The van der Waals surface area contributed by atoms with Crippen LogP contribution in [0.1, 0.15) is 35.6 Å². The molecule has 1 N–H and O–H groups in total. The molecular weight excluding hydrogens is 296 g/mol. The van der Waals surface area contributed by atoms with Gasteiger partial charge >= 0.3 is 0 Å². The van der Waals surface area contributed by atoms with E-state index in [2.05, 4.69) is 6.92 Å². The summed E-state index contributed by atoms with van der Waals surface area (Å²) in [6.45, 7) is 4.15. The highest BCUT2D eigenvalue weighted by Crippen LogP contribution is 2.53. The highest BCUT2D eigenvalue weighted by molar-refractivity contribution is 5.61. The number of rotatable bonds is 2. The molecule has 2 aromatic rings. The van der Waals surface area contributed by atoms with E-state index < -0.39 is 0 Å². The average molecular weight is 314 g/mol. The Bertz CT molecular complexity index is 783. The molecule has 0 fully saturated rings. The summed E-state index contributed by atoms with van der Waals surface area (Å²) in [6.07, 6.45) is -0.158. The quantitative estimate of drug-likeness (QED) is 0.916.